The maximum Gasteiger partial charge on any atom is 0.0576 e. The fourth-order valence-electron chi connectivity index (χ4n) is 2.24. The van der Waals surface area contributed by atoms with Crippen LogP contribution in [-0.4, -0.2) is 22.8 Å². The molecule has 2 aromatic carbocycles. The van der Waals surface area contributed by atoms with Crippen molar-refractivity contribution in [3.63, 3.8) is 0 Å². The molecule has 20 heavy (non-hydrogen) atoms. The topological polar surface area (TPSA) is 29.1 Å². The Morgan fingerprint density at radius 3 is 1.90 bits per heavy atom. The van der Waals surface area contributed by atoms with E-state index in [0.717, 1.165) is 18.7 Å². The molecular formula is C17H21NOS. The Bertz CT molecular complexity index is 488. The van der Waals surface area contributed by atoms with Gasteiger partial charge in [0, 0.05) is 22.8 Å². The lowest BCUT2D eigenvalue weighted by Crippen LogP contribution is -2.24. The summed E-state index contributed by atoms with van der Waals surface area (Å²) < 4.78 is 11.1. The molecule has 0 aromatic heterocycles. The van der Waals surface area contributed by atoms with E-state index in [2.05, 4.69) is 53.8 Å². The highest BCUT2D eigenvalue weighted by Gasteiger charge is 2.12. The minimum Gasteiger partial charge on any atom is -0.306 e. The van der Waals surface area contributed by atoms with Crippen LogP contribution in [0.5, 0.6) is 0 Å². The molecular weight excluding hydrogens is 266 g/mol. The fraction of sp³-hybridized carbons (Fsp3) is 0.294. The first-order valence-electron chi connectivity index (χ1n) is 6.90. The summed E-state index contributed by atoms with van der Waals surface area (Å²) in [4.78, 5) is 0. The van der Waals surface area contributed by atoms with E-state index in [9.17, 15) is 4.21 Å². The lowest BCUT2D eigenvalue weighted by Gasteiger charge is -2.19. The van der Waals surface area contributed by atoms with E-state index in [4.69, 9.17) is 0 Å². The van der Waals surface area contributed by atoms with Crippen LogP contribution in [0, 0.1) is 0 Å². The van der Waals surface area contributed by atoms with Gasteiger partial charge < -0.3 is 5.32 Å². The van der Waals surface area contributed by atoms with Gasteiger partial charge in [0.15, 0.2) is 0 Å². The first-order chi connectivity index (χ1) is 9.77. The van der Waals surface area contributed by atoms with Gasteiger partial charge in [0.1, 0.15) is 0 Å². The van der Waals surface area contributed by atoms with E-state index < -0.39 is 10.8 Å². The molecule has 106 valence electrons. The van der Waals surface area contributed by atoms with Gasteiger partial charge in [0.2, 0.25) is 0 Å². The van der Waals surface area contributed by atoms with Crippen molar-refractivity contribution in [2.24, 2.45) is 0 Å². The van der Waals surface area contributed by atoms with Gasteiger partial charge in [-0.3, -0.25) is 4.21 Å². The zero-order valence-electron chi connectivity index (χ0n) is 11.8. The van der Waals surface area contributed by atoms with Crippen molar-refractivity contribution < 1.29 is 4.21 Å². The monoisotopic (exact) mass is 287 g/mol. The van der Waals surface area contributed by atoms with Gasteiger partial charge in [-0.2, -0.15) is 0 Å². The van der Waals surface area contributed by atoms with Crippen molar-refractivity contribution >= 4 is 10.8 Å². The summed E-state index contributed by atoms with van der Waals surface area (Å²) in [5, 5.41) is 3.57. The van der Waals surface area contributed by atoms with Gasteiger partial charge in [-0.15, -0.1) is 0 Å². The van der Waals surface area contributed by atoms with Crippen LogP contribution in [0.4, 0.5) is 0 Å². The van der Waals surface area contributed by atoms with E-state index in [-0.39, 0.29) is 6.04 Å². The molecule has 3 heteroatoms. The van der Waals surface area contributed by atoms with Crippen LogP contribution in [0.25, 0.3) is 0 Å². The molecule has 0 spiro atoms. The standard InChI is InChI=1S/C17H21NOS/c1-20(19)14-8-13-18-17(15-9-4-2-5-10-15)16-11-6-3-7-12-16/h2-7,9-12,17-18H,8,13-14H2,1H3. The normalized spacial score (nSPS) is 12.5. The molecule has 2 nitrogen and oxygen atoms in total. The largest absolute Gasteiger partial charge is 0.306 e. The molecule has 0 heterocycles. The Labute approximate surface area is 123 Å². The van der Waals surface area contributed by atoms with E-state index in [1.807, 2.05) is 12.1 Å². The lowest BCUT2D eigenvalue weighted by atomic mass is 9.99. The highest BCUT2D eigenvalue weighted by molar-refractivity contribution is 7.84. The van der Waals surface area contributed by atoms with E-state index in [1.54, 1.807) is 6.26 Å². The average molecular weight is 287 g/mol. The SMILES string of the molecule is CS(=O)CCCNC(c1ccccc1)c1ccccc1. The minimum absolute atomic E-state index is 0.197. The van der Waals surface area contributed by atoms with Crippen molar-refractivity contribution in [2.75, 3.05) is 18.6 Å². The molecule has 0 aliphatic carbocycles. The Balaban J connectivity index is 2.07. The quantitative estimate of drug-likeness (QED) is 0.793. The molecule has 0 radical (unpaired) electrons. The number of benzene rings is 2. The van der Waals surface area contributed by atoms with Gasteiger partial charge in [0.25, 0.3) is 0 Å². The molecule has 2 aromatic rings. The van der Waals surface area contributed by atoms with Crippen LogP contribution in [-0.2, 0) is 10.8 Å². The van der Waals surface area contributed by atoms with Crippen molar-refractivity contribution in [3.8, 4) is 0 Å². The molecule has 0 saturated carbocycles. The summed E-state index contributed by atoms with van der Waals surface area (Å²) in [7, 11) is -0.709. The first kappa shape index (κ1) is 14.9. The Kier molecular flexibility index (Phi) is 5.96. The van der Waals surface area contributed by atoms with Crippen LogP contribution < -0.4 is 5.32 Å². The van der Waals surface area contributed by atoms with Crippen LogP contribution in [0.2, 0.25) is 0 Å². The third kappa shape index (κ3) is 4.58. The minimum atomic E-state index is -0.709. The fourth-order valence-corrected chi connectivity index (χ4v) is 2.79. The van der Waals surface area contributed by atoms with Gasteiger partial charge in [0.05, 0.1) is 6.04 Å². The van der Waals surface area contributed by atoms with Crippen LogP contribution in [0.3, 0.4) is 0 Å². The highest BCUT2D eigenvalue weighted by atomic mass is 32.2. The van der Waals surface area contributed by atoms with Crippen LogP contribution in [0.1, 0.15) is 23.6 Å². The summed E-state index contributed by atoms with van der Waals surface area (Å²) in [6.07, 6.45) is 2.69. The molecule has 0 fully saturated rings. The van der Waals surface area contributed by atoms with Crippen LogP contribution in [0.15, 0.2) is 60.7 Å². The highest BCUT2D eigenvalue weighted by Crippen LogP contribution is 2.21. The maximum atomic E-state index is 11.1. The molecule has 0 aliphatic heterocycles. The molecule has 0 amide bonds. The van der Waals surface area contributed by atoms with E-state index in [0.29, 0.717) is 0 Å². The summed E-state index contributed by atoms with van der Waals surface area (Å²) in [5.74, 6) is 0.753. The third-order valence-corrected chi connectivity index (χ3v) is 4.09. The smallest absolute Gasteiger partial charge is 0.0576 e. The second-order valence-corrected chi connectivity index (χ2v) is 6.39. The predicted molar refractivity (Wildman–Crippen MR) is 86.3 cm³/mol. The van der Waals surface area contributed by atoms with E-state index in [1.165, 1.54) is 11.1 Å². The zero-order valence-corrected chi connectivity index (χ0v) is 12.6. The second kappa shape index (κ2) is 7.98. The van der Waals surface area contributed by atoms with Crippen molar-refractivity contribution in [1.82, 2.24) is 5.32 Å². The van der Waals surface area contributed by atoms with Crippen molar-refractivity contribution in [2.45, 2.75) is 12.5 Å². The third-order valence-electron chi connectivity index (χ3n) is 3.22. The van der Waals surface area contributed by atoms with Crippen LogP contribution >= 0.6 is 0 Å². The Hall–Kier alpha value is -1.45. The lowest BCUT2D eigenvalue weighted by molar-refractivity contribution is 0.598. The maximum absolute atomic E-state index is 11.1. The predicted octanol–water partition coefficient (Wildman–Crippen LogP) is 3.13. The van der Waals surface area contributed by atoms with Gasteiger partial charge >= 0.3 is 0 Å². The number of nitrogens with one attached hydrogen (secondary N) is 1. The molecule has 1 atom stereocenters. The molecule has 1 unspecified atom stereocenters. The van der Waals surface area contributed by atoms with Gasteiger partial charge in [-0.05, 0) is 24.1 Å². The summed E-state index contributed by atoms with van der Waals surface area (Å²) in [6.45, 7) is 0.869. The molecule has 0 saturated heterocycles. The van der Waals surface area contributed by atoms with Gasteiger partial charge in [-0.25, -0.2) is 0 Å². The number of hydrogen-bond donors (Lipinski definition) is 1. The van der Waals surface area contributed by atoms with Gasteiger partial charge in [-0.1, -0.05) is 60.7 Å². The summed E-state index contributed by atoms with van der Waals surface area (Å²) in [6, 6.07) is 21.1. The number of rotatable bonds is 7. The summed E-state index contributed by atoms with van der Waals surface area (Å²) in [5.41, 5.74) is 2.52. The molecule has 0 bridgehead atoms. The van der Waals surface area contributed by atoms with Crippen molar-refractivity contribution in [3.05, 3.63) is 71.8 Å². The molecule has 1 N–H and O–H groups in total. The second-order valence-electron chi connectivity index (χ2n) is 4.84. The average Bonchev–Trinajstić information content (AvgIpc) is 2.49. The first-order valence-corrected chi connectivity index (χ1v) is 8.63. The van der Waals surface area contributed by atoms with E-state index >= 15 is 0 Å². The Morgan fingerprint density at radius 2 is 1.45 bits per heavy atom. The molecule has 0 aliphatic rings. The number of hydrogen-bond acceptors (Lipinski definition) is 2. The molecule has 2 rings (SSSR count). The zero-order chi connectivity index (χ0) is 14.2. The Morgan fingerprint density at radius 1 is 0.950 bits per heavy atom. The van der Waals surface area contributed by atoms with Crippen molar-refractivity contribution in [1.29, 1.82) is 0 Å². The summed E-state index contributed by atoms with van der Waals surface area (Å²) >= 11 is 0.